The molecule has 1 saturated carbocycles. The zero-order valence-corrected chi connectivity index (χ0v) is 12.5. The number of hydrogen-bond donors (Lipinski definition) is 2. The third-order valence-electron chi connectivity index (χ3n) is 3.11. The van der Waals surface area contributed by atoms with E-state index in [1.54, 1.807) is 12.1 Å². The SMILES string of the molecule is CC(CNS(=O)(=O)c1ccc(C(N)=S)s1)C1CC1. The quantitative estimate of drug-likeness (QED) is 0.785. The van der Waals surface area contributed by atoms with Crippen LogP contribution >= 0.6 is 23.6 Å². The van der Waals surface area contributed by atoms with Gasteiger partial charge in [-0.1, -0.05) is 19.1 Å². The Kier molecular flexibility index (Phi) is 4.05. The Morgan fingerprint density at radius 1 is 1.61 bits per heavy atom. The molecule has 1 unspecified atom stereocenters. The molecule has 7 heteroatoms. The van der Waals surface area contributed by atoms with E-state index in [0.29, 0.717) is 23.3 Å². The molecule has 1 aliphatic rings. The van der Waals surface area contributed by atoms with Crippen molar-refractivity contribution in [2.75, 3.05) is 6.54 Å². The summed E-state index contributed by atoms with van der Waals surface area (Å²) in [7, 11) is -3.42. The molecule has 0 aliphatic heterocycles. The summed E-state index contributed by atoms with van der Waals surface area (Å²) in [5.41, 5.74) is 5.47. The van der Waals surface area contributed by atoms with Gasteiger partial charge in [0.2, 0.25) is 10.0 Å². The highest BCUT2D eigenvalue weighted by molar-refractivity contribution is 7.91. The van der Waals surface area contributed by atoms with Crippen molar-refractivity contribution in [3.8, 4) is 0 Å². The number of hydrogen-bond acceptors (Lipinski definition) is 4. The van der Waals surface area contributed by atoms with E-state index in [1.807, 2.05) is 0 Å². The minimum atomic E-state index is -3.42. The lowest BCUT2D eigenvalue weighted by Crippen LogP contribution is -2.28. The largest absolute Gasteiger partial charge is 0.389 e. The molecule has 4 nitrogen and oxygen atoms in total. The smallest absolute Gasteiger partial charge is 0.250 e. The van der Waals surface area contributed by atoms with Crippen molar-refractivity contribution in [2.24, 2.45) is 17.6 Å². The fourth-order valence-electron chi connectivity index (χ4n) is 1.74. The Morgan fingerprint density at radius 2 is 2.28 bits per heavy atom. The van der Waals surface area contributed by atoms with Gasteiger partial charge in [-0.25, -0.2) is 13.1 Å². The Balaban J connectivity index is 2.02. The molecular weight excluding hydrogens is 288 g/mol. The zero-order chi connectivity index (χ0) is 13.3. The van der Waals surface area contributed by atoms with Gasteiger partial charge in [0.25, 0.3) is 0 Å². The topological polar surface area (TPSA) is 72.2 Å². The van der Waals surface area contributed by atoms with E-state index in [1.165, 1.54) is 12.8 Å². The fourth-order valence-corrected chi connectivity index (χ4v) is 4.28. The molecule has 100 valence electrons. The molecule has 0 spiro atoms. The van der Waals surface area contributed by atoms with E-state index in [9.17, 15) is 8.42 Å². The standard InChI is InChI=1S/C11H16N2O2S3/c1-7(8-2-3-8)6-13-18(14,15)10-5-4-9(17-10)11(12)16/h4-5,7-8,13H,2-3,6H2,1H3,(H2,12,16). The molecule has 2 rings (SSSR count). The number of sulfonamides is 1. The van der Waals surface area contributed by atoms with E-state index in [2.05, 4.69) is 11.6 Å². The van der Waals surface area contributed by atoms with Crippen LogP contribution in [0.1, 0.15) is 24.6 Å². The van der Waals surface area contributed by atoms with Gasteiger partial charge in [0, 0.05) is 6.54 Å². The van der Waals surface area contributed by atoms with Crippen molar-refractivity contribution in [1.82, 2.24) is 4.72 Å². The predicted octanol–water partition coefficient (Wildman–Crippen LogP) is 1.71. The second kappa shape index (κ2) is 5.24. The highest BCUT2D eigenvalue weighted by Crippen LogP contribution is 2.36. The Labute approximate surface area is 117 Å². The van der Waals surface area contributed by atoms with Crippen LogP contribution in [0.5, 0.6) is 0 Å². The summed E-state index contributed by atoms with van der Waals surface area (Å²) < 4.78 is 27.0. The van der Waals surface area contributed by atoms with Gasteiger partial charge in [0.1, 0.15) is 9.20 Å². The monoisotopic (exact) mass is 304 g/mol. The van der Waals surface area contributed by atoms with Crippen molar-refractivity contribution in [2.45, 2.75) is 24.0 Å². The first-order valence-electron chi connectivity index (χ1n) is 5.79. The van der Waals surface area contributed by atoms with Crippen LogP contribution in [0.25, 0.3) is 0 Å². The first-order chi connectivity index (χ1) is 8.40. The van der Waals surface area contributed by atoms with E-state index >= 15 is 0 Å². The molecule has 1 fully saturated rings. The third kappa shape index (κ3) is 3.28. The highest BCUT2D eigenvalue weighted by atomic mass is 32.2. The van der Waals surface area contributed by atoms with Gasteiger partial charge in [-0.05, 0) is 36.8 Å². The molecule has 0 radical (unpaired) electrons. The molecule has 0 saturated heterocycles. The number of nitrogens with two attached hydrogens (primary N) is 1. The van der Waals surface area contributed by atoms with Crippen LogP contribution in [0.15, 0.2) is 16.3 Å². The van der Waals surface area contributed by atoms with Gasteiger partial charge in [-0.3, -0.25) is 0 Å². The van der Waals surface area contributed by atoms with Crippen molar-refractivity contribution in [1.29, 1.82) is 0 Å². The van der Waals surface area contributed by atoms with Crippen LogP contribution < -0.4 is 10.5 Å². The lowest BCUT2D eigenvalue weighted by atomic mass is 10.1. The summed E-state index contributed by atoms with van der Waals surface area (Å²) in [6.45, 7) is 2.57. The Morgan fingerprint density at radius 3 is 2.78 bits per heavy atom. The van der Waals surface area contributed by atoms with Crippen LogP contribution in [0.4, 0.5) is 0 Å². The van der Waals surface area contributed by atoms with Crippen LogP contribution in [0, 0.1) is 11.8 Å². The molecule has 3 N–H and O–H groups in total. The van der Waals surface area contributed by atoms with Gasteiger partial charge in [0.15, 0.2) is 0 Å². The van der Waals surface area contributed by atoms with Gasteiger partial charge in [-0.2, -0.15) is 0 Å². The van der Waals surface area contributed by atoms with Crippen molar-refractivity contribution in [3.05, 3.63) is 17.0 Å². The number of thiophene rings is 1. The number of rotatable bonds is 6. The third-order valence-corrected chi connectivity index (χ3v) is 6.49. The zero-order valence-electron chi connectivity index (χ0n) is 10.0. The molecule has 1 aromatic heterocycles. The highest BCUT2D eigenvalue weighted by Gasteiger charge is 2.29. The summed E-state index contributed by atoms with van der Waals surface area (Å²) >= 11 is 5.93. The van der Waals surface area contributed by atoms with Crippen molar-refractivity contribution < 1.29 is 8.42 Å². The minimum Gasteiger partial charge on any atom is -0.389 e. The summed E-state index contributed by atoms with van der Waals surface area (Å²) in [4.78, 5) is 0.855. The summed E-state index contributed by atoms with van der Waals surface area (Å²) in [6.07, 6.45) is 2.43. The van der Waals surface area contributed by atoms with Crippen LogP contribution in [0.3, 0.4) is 0 Å². The Bertz CT molecular complexity index is 546. The van der Waals surface area contributed by atoms with E-state index < -0.39 is 10.0 Å². The lowest BCUT2D eigenvalue weighted by molar-refractivity contribution is 0.492. The molecule has 1 heterocycles. The molecular formula is C11H16N2O2S3. The van der Waals surface area contributed by atoms with Gasteiger partial charge in [0.05, 0.1) is 4.88 Å². The maximum Gasteiger partial charge on any atom is 0.250 e. The maximum atomic E-state index is 12.0. The van der Waals surface area contributed by atoms with E-state index in [4.69, 9.17) is 18.0 Å². The first kappa shape index (κ1) is 13.9. The number of thiocarbonyl (C=S) groups is 1. The molecule has 1 aliphatic carbocycles. The predicted molar refractivity (Wildman–Crippen MR) is 77.3 cm³/mol. The summed E-state index contributed by atoms with van der Waals surface area (Å²) in [6, 6.07) is 3.19. The van der Waals surface area contributed by atoms with E-state index in [-0.39, 0.29) is 9.20 Å². The van der Waals surface area contributed by atoms with Gasteiger partial charge >= 0.3 is 0 Å². The summed E-state index contributed by atoms with van der Waals surface area (Å²) in [5, 5.41) is 0. The second-order valence-corrected chi connectivity index (χ2v) is 8.17. The van der Waals surface area contributed by atoms with Crippen LogP contribution in [0.2, 0.25) is 0 Å². The van der Waals surface area contributed by atoms with Crippen molar-refractivity contribution >= 4 is 38.6 Å². The molecule has 0 amide bonds. The normalized spacial score (nSPS) is 17.6. The molecule has 1 atom stereocenters. The number of nitrogens with one attached hydrogen (secondary N) is 1. The second-order valence-electron chi connectivity index (χ2n) is 4.65. The first-order valence-corrected chi connectivity index (χ1v) is 8.50. The average Bonchev–Trinajstić information content (AvgIpc) is 3.02. The molecule has 1 aromatic rings. The van der Waals surface area contributed by atoms with E-state index in [0.717, 1.165) is 11.3 Å². The molecule has 0 bridgehead atoms. The minimum absolute atomic E-state index is 0.229. The van der Waals surface area contributed by atoms with Crippen LogP contribution in [-0.4, -0.2) is 20.0 Å². The summed E-state index contributed by atoms with van der Waals surface area (Å²) in [5.74, 6) is 1.08. The molecule has 0 aromatic carbocycles. The van der Waals surface area contributed by atoms with Gasteiger partial charge in [-0.15, -0.1) is 11.3 Å². The average molecular weight is 304 g/mol. The van der Waals surface area contributed by atoms with Crippen molar-refractivity contribution in [3.63, 3.8) is 0 Å². The Hall–Kier alpha value is -0.500. The van der Waals surface area contributed by atoms with Gasteiger partial charge < -0.3 is 5.73 Å². The van der Waals surface area contributed by atoms with Crippen LogP contribution in [-0.2, 0) is 10.0 Å². The molecule has 18 heavy (non-hydrogen) atoms. The lowest BCUT2D eigenvalue weighted by Gasteiger charge is -2.10. The maximum absolute atomic E-state index is 12.0. The fraction of sp³-hybridized carbons (Fsp3) is 0.545.